The van der Waals surface area contributed by atoms with Gasteiger partial charge >= 0.3 is 0 Å². The standard InChI is InChI=1S/C24H31N3O3S2/c1-19-9-10-20(17-23(19)32(29,30)27-11-5-2-6-12-27)24(28)25-22-8-4-3-7-21(22)18-26-13-15-31-16-14-26/h3-4,7-10,17H,2,5-6,11-16,18H2,1H3,(H,25,28). The summed E-state index contributed by atoms with van der Waals surface area (Å²) in [6.45, 7) is 5.75. The van der Waals surface area contributed by atoms with Crippen LogP contribution in [0.15, 0.2) is 47.4 Å². The minimum atomic E-state index is -3.60. The number of anilines is 1. The van der Waals surface area contributed by atoms with E-state index in [1.165, 1.54) is 6.07 Å². The van der Waals surface area contributed by atoms with E-state index < -0.39 is 10.0 Å². The molecular formula is C24H31N3O3S2. The van der Waals surface area contributed by atoms with E-state index >= 15 is 0 Å². The van der Waals surface area contributed by atoms with E-state index in [2.05, 4.69) is 10.2 Å². The van der Waals surface area contributed by atoms with E-state index in [4.69, 9.17) is 0 Å². The quantitative estimate of drug-likeness (QED) is 0.688. The number of sulfonamides is 1. The molecule has 2 aliphatic heterocycles. The van der Waals surface area contributed by atoms with Gasteiger partial charge in [-0.05, 0) is 49.1 Å². The first-order chi connectivity index (χ1) is 15.4. The van der Waals surface area contributed by atoms with Gasteiger partial charge in [0, 0.05) is 55.5 Å². The van der Waals surface area contributed by atoms with Gasteiger partial charge in [-0.3, -0.25) is 9.69 Å². The molecule has 8 heteroatoms. The zero-order valence-electron chi connectivity index (χ0n) is 18.5. The maximum absolute atomic E-state index is 13.2. The number of thioether (sulfide) groups is 1. The van der Waals surface area contributed by atoms with Crippen LogP contribution in [0.1, 0.15) is 40.7 Å². The van der Waals surface area contributed by atoms with Gasteiger partial charge < -0.3 is 5.32 Å². The fourth-order valence-electron chi connectivity index (χ4n) is 4.24. The van der Waals surface area contributed by atoms with E-state index in [0.717, 1.165) is 61.7 Å². The van der Waals surface area contributed by atoms with Crippen molar-refractivity contribution in [2.45, 2.75) is 37.6 Å². The molecule has 2 fully saturated rings. The van der Waals surface area contributed by atoms with Crippen LogP contribution < -0.4 is 5.32 Å². The van der Waals surface area contributed by atoms with Crippen LogP contribution in [0.4, 0.5) is 5.69 Å². The first-order valence-electron chi connectivity index (χ1n) is 11.3. The number of hydrogen-bond donors (Lipinski definition) is 1. The van der Waals surface area contributed by atoms with Crippen molar-refractivity contribution < 1.29 is 13.2 Å². The molecule has 2 saturated heterocycles. The summed E-state index contributed by atoms with van der Waals surface area (Å²) in [5.41, 5.74) is 2.86. The molecule has 32 heavy (non-hydrogen) atoms. The van der Waals surface area contributed by atoms with Crippen LogP contribution in [-0.4, -0.2) is 61.2 Å². The van der Waals surface area contributed by atoms with E-state index in [1.54, 1.807) is 23.4 Å². The summed E-state index contributed by atoms with van der Waals surface area (Å²) < 4.78 is 28.0. The number of aryl methyl sites for hydroxylation is 1. The second-order valence-electron chi connectivity index (χ2n) is 8.44. The number of carbonyl (C=O) groups is 1. The normalized spacial score (nSPS) is 18.4. The van der Waals surface area contributed by atoms with Crippen molar-refractivity contribution in [1.82, 2.24) is 9.21 Å². The minimum Gasteiger partial charge on any atom is -0.322 e. The molecule has 4 rings (SSSR count). The average Bonchev–Trinajstić information content (AvgIpc) is 2.82. The monoisotopic (exact) mass is 473 g/mol. The summed E-state index contributed by atoms with van der Waals surface area (Å²) in [5, 5.41) is 3.01. The number of piperidine rings is 1. The van der Waals surface area contributed by atoms with E-state index in [9.17, 15) is 13.2 Å². The van der Waals surface area contributed by atoms with Crippen LogP contribution in [0.25, 0.3) is 0 Å². The number of hydrogen-bond acceptors (Lipinski definition) is 5. The number of amides is 1. The van der Waals surface area contributed by atoms with Gasteiger partial charge in [0.15, 0.2) is 0 Å². The van der Waals surface area contributed by atoms with E-state index in [-0.39, 0.29) is 10.8 Å². The smallest absolute Gasteiger partial charge is 0.255 e. The van der Waals surface area contributed by atoms with Gasteiger partial charge in [0.1, 0.15) is 0 Å². The Hall–Kier alpha value is -1.87. The van der Waals surface area contributed by atoms with E-state index in [1.807, 2.05) is 36.0 Å². The summed E-state index contributed by atoms with van der Waals surface area (Å²) >= 11 is 1.97. The highest BCUT2D eigenvalue weighted by Crippen LogP contribution is 2.26. The summed E-state index contributed by atoms with van der Waals surface area (Å²) in [6.07, 6.45) is 2.82. The first kappa shape index (κ1) is 23.3. The molecule has 0 radical (unpaired) electrons. The predicted octanol–water partition coefficient (Wildman–Crippen LogP) is 3.97. The molecule has 2 aromatic carbocycles. The average molecular weight is 474 g/mol. The van der Waals surface area contributed by atoms with Crippen LogP contribution in [0, 0.1) is 6.92 Å². The third-order valence-electron chi connectivity index (χ3n) is 6.15. The summed E-state index contributed by atoms with van der Waals surface area (Å²) in [7, 11) is -3.60. The largest absolute Gasteiger partial charge is 0.322 e. The molecule has 0 bridgehead atoms. The van der Waals surface area contributed by atoms with Crippen LogP contribution in [0.5, 0.6) is 0 Å². The molecule has 2 heterocycles. The molecule has 0 aliphatic carbocycles. The number of benzene rings is 2. The fraction of sp³-hybridized carbons (Fsp3) is 0.458. The number of nitrogens with one attached hydrogen (secondary N) is 1. The van der Waals surface area contributed by atoms with Gasteiger partial charge in [-0.25, -0.2) is 8.42 Å². The highest BCUT2D eigenvalue weighted by atomic mass is 32.2. The topological polar surface area (TPSA) is 69.7 Å². The van der Waals surface area contributed by atoms with Gasteiger partial charge in [-0.2, -0.15) is 16.1 Å². The van der Waals surface area contributed by atoms with Crippen LogP contribution in [0.2, 0.25) is 0 Å². The third-order valence-corrected chi connectivity index (χ3v) is 9.13. The van der Waals surface area contributed by atoms with Crippen molar-refractivity contribution in [3.63, 3.8) is 0 Å². The lowest BCUT2D eigenvalue weighted by Gasteiger charge is -2.27. The zero-order chi connectivity index (χ0) is 22.6. The van der Waals surface area contributed by atoms with Crippen LogP contribution >= 0.6 is 11.8 Å². The first-order valence-corrected chi connectivity index (χ1v) is 13.8. The molecule has 172 valence electrons. The second kappa shape index (κ2) is 10.4. The zero-order valence-corrected chi connectivity index (χ0v) is 20.2. The van der Waals surface area contributed by atoms with E-state index in [0.29, 0.717) is 24.2 Å². The Morgan fingerprint density at radius 1 is 1.00 bits per heavy atom. The van der Waals surface area contributed by atoms with Crippen LogP contribution in [0.3, 0.4) is 0 Å². The minimum absolute atomic E-state index is 0.228. The summed E-state index contributed by atoms with van der Waals surface area (Å²) in [5.74, 6) is 1.97. The van der Waals surface area contributed by atoms with Crippen molar-refractivity contribution in [3.05, 3.63) is 59.2 Å². The lowest BCUT2D eigenvalue weighted by atomic mass is 10.1. The van der Waals surface area contributed by atoms with Gasteiger partial charge in [-0.1, -0.05) is 30.7 Å². The maximum atomic E-state index is 13.2. The van der Waals surface area contributed by atoms with Gasteiger partial charge in [0.05, 0.1) is 4.90 Å². The Morgan fingerprint density at radius 2 is 1.72 bits per heavy atom. The van der Waals surface area contributed by atoms with Gasteiger partial charge in [0.2, 0.25) is 10.0 Å². The molecule has 0 saturated carbocycles. The molecule has 1 amide bonds. The number of rotatable bonds is 6. The Bertz CT molecular complexity index is 1060. The predicted molar refractivity (Wildman–Crippen MR) is 131 cm³/mol. The summed E-state index contributed by atoms with van der Waals surface area (Å²) in [4.78, 5) is 15.7. The van der Waals surface area contributed by atoms with Crippen molar-refractivity contribution in [2.75, 3.05) is 43.0 Å². The summed E-state index contributed by atoms with van der Waals surface area (Å²) in [6, 6.07) is 12.8. The van der Waals surface area contributed by atoms with Gasteiger partial charge in [-0.15, -0.1) is 0 Å². The lowest BCUT2D eigenvalue weighted by molar-refractivity contribution is 0.102. The number of nitrogens with zero attached hydrogens (tertiary/aromatic N) is 2. The molecule has 0 atom stereocenters. The molecule has 6 nitrogen and oxygen atoms in total. The van der Waals surface area contributed by atoms with Crippen LogP contribution in [-0.2, 0) is 16.6 Å². The SMILES string of the molecule is Cc1ccc(C(=O)Nc2ccccc2CN2CCSCC2)cc1S(=O)(=O)N1CCCCC1. The Morgan fingerprint density at radius 3 is 2.47 bits per heavy atom. The number of para-hydroxylation sites is 1. The highest BCUT2D eigenvalue weighted by Gasteiger charge is 2.28. The molecule has 2 aromatic rings. The molecule has 0 spiro atoms. The van der Waals surface area contributed by atoms with Crippen molar-refractivity contribution in [3.8, 4) is 0 Å². The maximum Gasteiger partial charge on any atom is 0.255 e. The molecule has 0 aromatic heterocycles. The number of carbonyl (C=O) groups excluding carboxylic acids is 1. The van der Waals surface area contributed by atoms with Crippen molar-refractivity contribution in [2.24, 2.45) is 0 Å². The van der Waals surface area contributed by atoms with Crippen molar-refractivity contribution >= 4 is 33.4 Å². The Kier molecular flexibility index (Phi) is 7.55. The Labute approximate surface area is 195 Å². The highest BCUT2D eigenvalue weighted by molar-refractivity contribution is 7.99. The molecule has 2 aliphatic rings. The molecule has 1 N–H and O–H groups in total. The van der Waals surface area contributed by atoms with Crippen molar-refractivity contribution in [1.29, 1.82) is 0 Å². The molecular weight excluding hydrogens is 442 g/mol. The third kappa shape index (κ3) is 5.36. The Balaban J connectivity index is 1.54. The molecule has 0 unspecified atom stereocenters. The van der Waals surface area contributed by atoms with Gasteiger partial charge in [0.25, 0.3) is 5.91 Å². The second-order valence-corrected chi connectivity index (χ2v) is 11.6. The fourth-order valence-corrected chi connectivity index (χ4v) is 6.98. The lowest BCUT2D eigenvalue weighted by Crippen LogP contribution is -2.36.